The topological polar surface area (TPSA) is 54.0 Å². The second-order valence-corrected chi connectivity index (χ2v) is 12.7. The maximum absolute atomic E-state index is 12.7. The number of esters is 1. The van der Waals surface area contributed by atoms with Crippen LogP contribution in [0.3, 0.4) is 0 Å². The number of unbranched alkanes of at least 4 members (excludes halogenated alkanes) is 2. The maximum Gasteiger partial charge on any atom is 0.311 e. The van der Waals surface area contributed by atoms with Gasteiger partial charge >= 0.3 is 5.97 Å². The summed E-state index contributed by atoms with van der Waals surface area (Å²) in [6, 6.07) is 34.1. The summed E-state index contributed by atoms with van der Waals surface area (Å²) in [5.74, 6) is 1.41. The highest BCUT2D eigenvalue weighted by Gasteiger charge is 2.45. The Labute approximate surface area is 288 Å². The van der Waals surface area contributed by atoms with Gasteiger partial charge < -0.3 is 18.9 Å². The van der Waals surface area contributed by atoms with Gasteiger partial charge in [-0.15, -0.1) is 0 Å². The van der Waals surface area contributed by atoms with Gasteiger partial charge in [-0.2, -0.15) is 0 Å². The zero-order valence-corrected chi connectivity index (χ0v) is 29.8. The second kappa shape index (κ2) is 17.9. The van der Waals surface area contributed by atoms with E-state index in [1.807, 2.05) is 38.1 Å². The lowest BCUT2D eigenvalue weighted by Crippen LogP contribution is -2.30. The third-order valence-corrected chi connectivity index (χ3v) is 9.45. The Balaban J connectivity index is 0.000000968. The number of hydrogen-bond acceptors (Lipinski definition) is 5. The average Bonchev–Trinajstić information content (AvgIpc) is 3.42. The van der Waals surface area contributed by atoms with Gasteiger partial charge in [-0.1, -0.05) is 126 Å². The first kappa shape index (κ1) is 36.7. The molecule has 0 saturated heterocycles. The summed E-state index contributed by atoms with van der Waals surface area (Å²) in [5.41, 5.74) is 6.34. The van der Waals surface area contributed by atoms with Gasteiger partial charge in [0.2, 0.25) is 0 Å². The molecule has 0 bridgehead atoms. The molecule has 0 heterocycles. The smallest absolute Gasteiger partial charge is 0.311 e. The highest BCUT2D eigenvalue weighted by molar-refractivity contribution is 5.86. The molecule has 0 amide bonds. The Bertz CT molecular complexity index is 1510. The van der Waals surface area contributed by atoms with E-state index in [0.29, 0.717) is 19.8 Å². The molecule has 256 valence electrons. The molecule has 5 nitrogen and oxygen atoms in total. The first-order valence-corrected chi connectivity index (χ1v) is 17.7. The van der Waals surface area contributed by atoms with Crippen molar-refractivity contribution < 1.29 is 23.7 Å². The number of rotatable bonds is 16. The molecule has 1 aliphatic carbocycles. The average molecular weight is 651 g/mol. The molecule has 0 radical (unpaired) electrons. The summed E-state index contributed by atoms with van der Waals surface area (Å²) in [6.07, 6.45) is 6.61. The van der Waals surface area contributed by atoms with Crippen LogP contribution in [-0.4, -0.2) is 39.5 Å². The zero-order chi connectivity index (χ0) is 34.4. The fraction of sp³-hybridized carbons (Fsp3) is 0.419. The van der Waals surface area contributed by atoms with Gasteiger partial charge in [0, 0.05) is 7.11 Å². The van der Waals surface area contributed by atoms with Gasteiger partial charge in [0.05, 0.1) is 17.4 Å². The van der Waals surface area contributed by atoms with Gasteiger partial charge in [-0.25, -0.2) is 0 Å². The van der Waals surface area contributed by atoms with Crippen LogP contribution in [-0.2, 0) is 19.7 Å². The maximum atomic E-state index is 12.7. The highest BCUT2D eigenvalue weighted by Crippen LogP contribution is 2.56. The molecule has 0 spiro atoms. The number of carbonyl (C=O) groups excluding carboxylic acids is 1. The van der Waals surface area contributed by atoms with E-state index in [1.165, 1.54) is 41.5 Å². The van der Waals surface area contributed by atoms with Gasteiger partial charge in [-0.05, 0) is 77.4 Å². The van der Waals surface area contributed by atoms with Crippen LogP contribution in [0.2, 0.25) is 0 Å². The summed E-state index contributed by atoms with van der Waals surface area (Å²) in [4.78, 5) is 12.7. The first-order valence-electron chi connectivity index (χ1n) is 17.7. The molecule has 48 heavy (non-hydrogen) atoms. The lowest BCUT2D eigenvalue weighted by atomic mass is 9.68. The molecular formula is C43H54O5. The number of hydrogen-bond donors (Lipinski definition) is 0. The number of carbonyl (C=O) groups is 1. The molecule has 4 aromatic carbocycles. The standard InChI is InChI=1S/C38H42O5.C5H12/c1-5-23-37(3,6-2)36(39)43-27-26-42-31-21-17-29(18-22-31)38(28-15-19-30(20-16-28)41-25-24-40-4)34-13-9-7-11-32(34)33-12-8-10-14-35(33)38;1-3-5-4-2/h7-22H,5-6,23-27H2,1-4H3;3-5H2,1-2H3. The summed E-state index contributed by atoms with van der Waals surface area (Å²) >= 11 is 0. The normalized spacial score (nSPS) is 13.7. The summed E-state index contributed by atoms with van der Waals surface area (Å²) in [5, 5.41) is 0. The predicted octanol–water partition coefficient (Wildman–Crippen LogP) is 10.4. The van der Waals surface area contributed by atoms with E-state index in [9.17, 15) is 4.79 Å². The largest absolute Gasteiger partial charge is 0.491 e. The van der Waals surface area contributed by atoms with Crippen molar-refractivity contribution in [3.05, 3.63) is 119 Å². The van der Waals surface area contributed by atoms with E-state index in [0.717, 1.165) is 41.9 Å². The van der Waals surface area contributed by atoms with Crippen molar-refractivity contribution in [2.45, 2.75) is 78.6 Å². The molecule has 0 saturated carbocycles. The van der Waals surface area contributed by atoms with Crippen molar-refractivity contribution in [2.75, 3.05) is 33.5 Å². The Kier molecular flexibility index (Phi) is 13.7. The Morgan fingerprint density at radius 2 is 1.10 bits per heavy atom. The van der Waals surface area contributed by atoms with Gasteiger partial charge in [0.1, 0.15) is 31.3 Å². The van der Waals surface area contributed by atoms with Crippen molar-refractivity contribution in [3.8, 4) is 22.6 Å². The van der Waals surface area contributed by atoms with Gasteiger partial charge in [-0.3, -0.25) is 4.79 Å². The first-order chi connectivity index (χ1) is 23.4. The Morgan fingerprint density at radius 3 is 1.52 bits per heavy atom. The van der Waals surface area contributed by atoms with Crippen LogP contribution < -0.4 is 9.47 Å². The fourth-order valence-electron chi connectivity index (χ4n) is 6.67. The fourth-order valence-corrected chi connectivity index (χ4v) is 6.67. The van der Waals surface area contributed by atoms with Crippen molar-refractivity contribution in [1.29, 1.82) is 0 Å². The van der Waals surface area contributed by atoms with Crippen molar-refractivity contribution in [3.63, 3.8) is 0 Å². The van der Waals surface area contributed by atoms with Crippen LogP contribution in [0.4, 0.5) is 0 Å². The third-order valence-electron chi connectivity index (χ3n) is 9.45. The molecule has 1 unspecified atom stereocenters. The molecule has 0 N–H and O–H groups in total. The van der Waals surface area contributed by atoms with E-state index in [2.05, 4.69) is 93.6 Å². The molecule has 5 rings (SSSR count). The van der Waals surface area contributed by atoms with Crippen LogP contribution in [0.25, 0.3) is 11.1 Å². The minimum atomic E-state index is -0.504. The molecule has 0 fully saturated rings. The summed E-state index contributed by atoms with van der Waals surface area (Å²) in [6.45, 7) is 12.1. The molecule has 5 heteroatoms. The van der Waals surface area contributed by atoms with Crippen LogP contribution in [0.15, 0.2) is 97.1 Å². The van der Waals surface area contributed by atoms with E-state index < -0.39 is 10.8 Å². The Hall–Kier alpha value is -4.09. The van der Waals surface area contributed by atoms with Crippen LogP contribution >= 0.6 is 0 Å². The quantitative estimate of drug-likeness (QED) is 0.0786. The third kappa shape index (κ3) is 8.13. The predicted molar refractivity (Wildman–Crippen MR) is 196 cm³/mol. The number of benzene rings is 4. The van der Waals surface area contributed by atoms with Crippen molar-refractivity contribution in [2.24, 2.45) is 5.41 Å². The molecule has 4 aromatic rings. The Morgan fingerprint density at radius 1 is 0.625 bits per heavy atom. The number of methoxy groups -OCH3 is 1. The van der Waals surface area contributed by atoms with Crippen molar-refractivity contribution in [1.82, 2.24) is 0 Å². The monoisotopic (exact) mass is 650 g/mol. The van der Waals surface area contributed by atoms with Crippen LogP contribution in [0.1, 0.15) is 95.4 Å². The SMILES string of the molecule is CCCC(C)(CC)C(=O)OCCOc1ccc(C2(c3ccc(OCCOC)cc3)c3ccccc3-c3ccccc32)cc1.CCCCC. The molecule has 0 aromatic heterocycles. The van der Waals surface area contributed by atoms with E-state index >= 15 is 0 Å². The van der Waals surface area contributed by atoms with E-state index in [4.69, 9.17) is 18.9 Å². The number of fused-ring (bicyclic) bond motifs is 3. The summed E-state index contributed by atoms with van der Waals surface area (Å²) in [7, 11) is 1.67. The van der Waals surface area contributed by atoms with Gasteiger partial charge in [0.25, 0.3) is 0 Å². The molecular weight excluding hydrogens is 596 g/mol. The minimum absolute atomic E-state index is 0.147. The van der Waals surface area contributed by atoms with E-state index in [-0.39, 0.29) is 12.6 Å². The minimum Gasteiger partial charge on any atom is -0.491 e. The number of ether oxygens (including phenoxy) is 4. The molecule has 1 atom stereocenters. The van der Waals surface area contributed by atoms with Crippen molar-refractivity contribution >= 4 is 5.97 Å². The zero-order valence-electron chi connectivity index (χ0n) is 29.8. The second-order valence-electron chi connectivity index (χ2n) is 12.7. The summed E-state index contributed by atoms with van der Waals surface area (Å²) < 4.78 is 22.6. The lowest BCUT2D eigenvalue weighted by Gasteiger charge is -2.34. The molecule has 1 aliphatic rings. The van der Waals surface area contributed by atoms with Crippen LogP contribution in [0, 0.1) is 5.41 Å². The molecule has 0 aliphatic heterocycles. The van der Waals surface area contributed by atoms with Crippen LogP contribution in [0.5, 0.6) is 11.5 Å². The van der Waals surface area contributed by atoms with E-state index in [1.54, 1.807) is 7.11 Å². The highest BCUT2D eigenvalue weighted by atomic mass is 16.6. The lowest BCUT2D eigenvalue weighted by molar-refractivity contribution is -0.156. The van der Waals surface area contributed by atoms with Gasteiger partial charge in [0.15, 0.2) is 0 Å².